The Balaban J connectivity index is 2.31. The lowest BCUT2D eigenvalue weighted by Gasteiger charge is -2.10. The first kappa shape index (κ1) is 14.8. The van der Waals surface area contributed by atoms with Gasteiger partial charge in [-0.25, -0.2) is 4.68 Å². The van der Waals surface area contributed by atoms with Crippen molar-refractivity contribution in [2.24, 2.45) is 0 Å². The van der Waals surface area contributed by atoms with Crippen LogP contribution < -0.4 is 5.32 Å². The zero-order valence-corrected chi connectivity index (χ0v) is 13.2. The van der Waals surface area contributed by atoms with Gasteiger partial charge in [0.05, 0.1) is 11.4 Å². The Morgan fingerprint density at radius 3 is 2.60 bits per heavy atom. The van der Waals surface area contributed by atoms with Gasteiger partial charge in [-0.1, -0.05) is 32.9 Å². The van der Waals surface area contributed by atoms with Crippen LogP contribution in [0.15, 0.2) is 24.3 Å². The molecule has 0 radical (unpaired) electrons. The number of hydrogen-bond acceptors (Lipinski definition) is 2. The summed E-state index contributed by atoms with van der Waals surface area (Å²) in [4.78, 5) is 0. The Bertz CT molecular complexity index is 582. The molecule has 1 aromatic heterocycles. The van der Waals surface area contributed by atoms with Crippen molar-refractivity contribution < 1.29 is 0 Å². The molecular weight excluding hydrogens is 246 g/mol. The van der Waals surface area contributed by atoms with E-state index in [0.717, 1.165) is 24.3 Å². The summed E-state index contributed by atoms with van der Waals surface area (Å²) < 4.78 is 2.06. The van der Waals surface area contributed by atoms with Crippen LogP contribution >= 0.6 is 0 Å². The van der Waals surface area contributed by atoms with E-state index in [9.17, 15) is 0 Å². The van der Waals surface area contributed by atoms with E-state index in [-0.39, 0.29) is 0 Å². The highest BCUT2D eigenvalue weighted by molar-refractivity contribution is 5.39. The number of aromatic nitrogens is 2. The minimum atomic E-state index is 0.499. The third kappa shape index (κ3) is 3.10. The Morgan fingerprint density at radius 1 is 1.25 bits per heavy atom. The second-order valence-corrected chi connectivity index (χ2v) is 5.62. The molecular formula is C17H25N3. The van der Waals surface area contributed by atoms with Crippen molar-refractivity contribution in [3.8, 4) is 5.69 Å². The Labute approximate surface area is 122 Å². The molecule has 0 amide bonds. The van der Waals surface area contributed by atoms with Gasteiger partial charge in [0.2, 0.25) is 0 Å². The molecule has 108 valence electrons. The van der Waals surface area contributed by atoms with Gasteiger partial charge in [0.15, 0.2) is 0 Å². The van der Waals surface area contributed by atoms with E-state index in [2.05, 4.69) is 74.0 Å². The third-order valence-electron chi connectivity index (χ3n) is 3.66. The Kier molecular flexibility index (Phi) is 4.61. The summed E-state index contributed by atoms with van der Waals surface area (Å²) in [7, 11) is 0. The summed E-state index contributed by atoms with van der Waals surface area (Å²) >= 11 is 0. The van der Waals surface area contributed by atoms with Crippen molar-refractivity contribution in [1.29, 1.82) is 0 Å². The largest absolute Gasteiger partial charge is 0.310 e. The van der Waals surface area contributed by atoms with E-state index in [4.69, 9.17) is 0 Å². The first-order chi connectivity index (χ1) is 9.52. The maximum Gasteiger partial charge on any atom is 0.0652 e. The molecule has 0 aliphatic heterocycles. The second kappa shape index (κ2) is 6.23. The number of nitrogens with one attached hydrogen (secondary N) is 1. The van der Waals surface area contributed by atoms with Crippen LogP contribution in [-0.4, -0.2) is 15.8 Å². The first-order valence-corrected chi connectivity index (χ1v) is 7.40. The highest BCUT2D eigenvalue weighted by atomic mass is 15.3. The minimum Gasteiger partial charge on any atom is -0.310 e. The van der Waals surface area contributed by atoms with Crippen LogP contribution in [-0.2, 0) is 13.0 Å². The lowest BCUT2D eigenvalue weighted by Crippen LogP contribution is -2.21. The highest BCUT2D eigenvalue weighted by Gasteiger charge is 2.11. The van der Waals surface area contributed by atoms with E-state index < -0.39 is 0 Å². The third-order valence-corrected chi connectivity index (χ3v) is 3.66. The van der Waals surface area contributed by atoms with Crippen molar-refractivity contribution in [3.63, 3.8) is 0 Å². The zero-order chi connectivity index (χ0) is 14.7. The van der Waals surface area contributed by atoms with Crippen molar-refractivity contribution in [2.45, 2.75) is 53.6 Å². The van der Waals surface area contributed by atoms with Crippen molar-refractivity contribution >= 4 is 0 Å². The fraction of sp³-hybridized carbons (Fsp3) is 0.471. The van der Waals surface area contributed by atoms with E-state index in [1.807, 2.05) is 0 Å². The Hall–Kier alpha value is -1.61. The molecule has 0 saturated heterocycles. The summed E-state index contributed by atoms with van der Waals surface area (Å²) in [5, 5.41) is 8.14. The van der Waals surface area contributed by atoms with Crippen LogP contribution in [0.1, 0.15) is 43.3 Å². The van der Waals surface area contributed by atoms with Gasteiger partial charge < -0.3 is 5.32 Å². The summed E-state index contributed by atoms with van der Waals surface area (Å²) in [5.41, 5.74) is 6.18. The number of nitrogens with zero attached hydrogens (tertiary/aromatic N) is 2. The normalized spacial score (nSPS) is 11.3. The molecule has 0 saturated carbocycles. The van der Waals surface area contributed by atoms with Crippen LogP contribution in [0.2, 0.25) is 0 Å². The first-order valence-electron chi connectivity index (χ1n) is 7.40. The maximum absolute atomic E-state index is 4.68. The quantitative estimate of drug-likeness (QED) is 0.901. The molecule has 3 heteroatoms. The van der Waals surface area contributed by atoms with Crippen molar-refractivity contribution in [1.82, 2.24) is 15.1 Å². The molecule has 1 N–H and O–H groups in total. The number of aryl methyl sites for hydroxylation is 1. The number of hydrogen-bond donors (Lipinski definition) is 1. The summed E-state index contributed by atoms with van der Waals surface area (Å²) in [6, 6.07) is 9.10. The molecule has 1 aromatic carbocycles. The molecule has 20 heavy (non-hydrogen) atoms. The van der Waals surface area contributed by atoms with E-state index in [1.54, 1.807) is 0 Å². The van der Waals surface area contributed by atoms with E-state index >= 15 is 0 Å². The molecule has 2 rings (SSSR count). The van der Waals surface area contributed by atoms with Crippen molar-refractivity contribution in [3.05, 3.63) is 46.8 Å². The predicted molar refractivity (Wildman–Crippen MR) is 84.4 cm³/mol. The van der Waals surface area contributed by atoms with Crippen LogP contribution in [0.3, 0.4) is 0 Å². The predicted octanol–water partition coefficient (Wildman–Crippen LogP) is 3.55. The lowest BCUT2D eigenvalue weighted by molar-refractivity contribution is 0.588. The molecule has 0 aliphatic rings. The standard InChI is InChI=1S/C17H25N3/c1-6-17-13(4)19-20(14(17)5)16-9-7-8-15(10-16)11-18-12(2)3/h7-10,12,18H,6,11H2,1-5H3. The smallest absolute Gasteiger partial charge is 0.0652 e. The molecule has 0 unspecified atom stereocenters. The van der Waals surface area contributed by atoms with Gasteiger partial charge in [-0.15, -0.1) is 0 Å². The average molecular weight is 271 g/mol. The SMILES string of the molecule is CCc1c(C)nn(-c2cccc(CNC(C)C)c2)c1C. The molecule has 1 heterocycles. The van der Waals surface area contributed by atoms with Gasteiger partial charge in [0, 0.05) is 18.3 Å². The molecule has 2 aromatic rings. The fourth-order valence-electron chi connectivity index (χ4n) is 2.56. The van der Waals surface area contributed by atoms with Gasteiger partial charge in [0.1, 0.15) is 0 Å². The van der Waals surface area contributed by atoms with Gasteiger partial charge >= 0.3 is 0 Å². The van der Waals surface area contributed by atoms with Gasteiger partial charge in [0.25, 0.3) is 0 Å². The zero-order valence-electron chi connectivity index (χ0n) is 13.2. The summed E-state index contributed by atoms with van der Waals surface area (Å²) in [6.07, 6.45) is 1.03. The van der Waals surface area contributed by atoms with Gasteiger partial charge in [-0.2, -0.15) is 5.10 Å². The molecule has 0 bridgehead atoms. The Morgan fingerprint density at radius 2 is 2.00 bits per heavy atom. The molecule has 0 fully saturated rings. The van der Waals surface area contributed by atoms with E-state index in [1.165, 1.54) is 16.8 Å². The fourth-order valence-corrected chi connectivity index (χ4v) is 2.56. The van der Waals surface area contributed by atoms with Crippen LogP contribution in [0.4, 0.5) is 0 Å². The monoisotopic (exact) mass is 271 g/mol. The highest BCUT2D eigenvalue weighted by Crippen LogP contribution is 2.19. The second-order valence-electron chi connectivity index (χ2n) is 5.62. The number of benzene rings is 1. The van der Waals surface area contributed by atoms with E-state index in [0.29, 0.717) is 6.04 Å². The summed E-state index contributed by atoms with van der Waals surface area (Å²) in [6.45, 7) is 11.6. The van der Waals surface area contributed by atoms with Crippen LogP contribution in [0.5, 0.6) is 0 Å². The summed E-state index contributed by atoms with van der Waals surface area (Å²) in [5.74, 6) is 0. The maximum atomic E-state index is 4.68. The molecule has 0 atom stereocenters. The van der Waals surface area contributed by atoms with Crippen LogP contribution in [0, 0.1) is 13.8 Å². The van der Waals surface area contributed by atoms with Crippen LogP contribution in [0.25, 0.3) is 5.69 Å². The molecule has 3 nitrogen and oxygen atoms in total. The topological polar surface area (TPSA) is 29.9 Å². The minimum absolute atomic E-state index is 0.499. The molecule has 0 aliphatic carbocycles. The van der Waals surface area contributed by atoms with Crippen molar-refractivity contribution in [2.75, 3.05) is 0 Å². The van der Waals surface area contributed by atoms with Gasteiger partial charge in [-0.3, -0.25) is 0 Å². The number of rotatable bonds is 5. The lowest BCUT2D eigenvalue weighted by atomic mass is 10.1. The average Bonchev–Trinajstić information content (AvgIpc) is 2.71. The molecule has 0 spiro atoms. The van der Waals surface area contributed by atoms with Gasteiger partial charge in [-0.05, 0) is 43.5 Å².